The Hall–Kier alpha value is -3.96. The minimum atomic E-state index is 0.0592. The third-order valence-electron chi connectivity index (χ3n) is 5.42. The molecule has 32 heavy (non-hydrogen) atoms. The Morgan fingerprint density at radius 2 is 1.94 bits per heavy atom. The van der Waals surface area contributed by atoms with Gasteiger partial charge in [0.2, 0.25) is 0 Å². The zero-order chi connectivity index (χ0) is 21.9. The van der Waals surface area contributed by atoms with Gasteiger partial charge in [-0.15, -0.1) is 5.10 Å². The topological polar surface area (TPSA) is 103 Å². The fourth-order valence-corrected chi connectivity index (χ4v) is 3.80. The highest BCUT2D eigenvalue weighted by atomic mass is 16.5. The van der Waals surface area contributed by atoms with E-state index in [2.05, 4.69) is 21.3 Å². The summed E-state index contributed by atoms with van der Waals surface area (Å²) in [6.45, 7) is 1.36. The van der Waals surface area contributed by atoms with Crippen LogP contribution in [-0.4, -0.2) is 41.6 Å². The zero-order valence-electron chi connectivity index (χ0n) is 17.4. The van der Waals surface area contributed by atoms with Crippen LogP contribution >= 0.6 is 0 Å². The molecule has 4 aromatic rings. The minimum Gasteiger partial charge on any atom is -0.494 e. The van der Waals surface area contributed by atoms with E-state index in [-0.39, 0.29) is 6.10 Å². The predicted octanol–water partition coefficient (Wildman–Crippen LogP) is 4.39. The van der Waals surface area contributed by atoms with Crippen molar-refractivity contribution in [2.45, 2.75) is 18.9 Å². The molecule has 1 aliphatic heterocycles. The van der Waals surface area contributed by atoms with Crippen molar-refractivity contribution in [2.75, 3.05) is 20.3 Å². The molecule has 0 N–H and O–H groups in total. The van der Waals surface area contributed by atoms with E-state index in [1.165, 1.54) is 0 Å². The van der Waals surface area contributed by atoms with Crippen LogP contribution in [0.25, 0.3) is 33.7 Å². The molecule has 1 fully saturated rings. The number of rotatable bonds is 5. The van der Waals surface area contributed by atoms with Gasteiger partial charge in [-0.05, 0) is 23.8 Å². The van der Waals surface area contributed by atoms with Gasteiger partial charge in [-0.1, -0.05) is 6.07 Å². The lowest BCUT2D eigenvalue weighted by molar-refractivity contribution is 0.0254. The number of methoxy groups -OCH3 is 1. The average Bonchev–Trinajstić information content (AvgIpc) is 3.29. The molecule has 1 aromatic carbocycles. The highest BCUT2D eigenvalue weighted by Crippen LogP contribution is 2.37. The van der Waals surface area contributed by atoms with Gasteiger partial charge in [-0.2, -0.15) is 10.4 Å². The third-order valence-corrected chi connectivity index (χ3v) is 5.42. The predicted molar refractivity (Wildman–Crippen MR) is 116 cm³/mol. The number of aromatic nitrogens is 3. The summed E-state index contributed by atoms with van der Waals surface area (Å²) in [5, 5.41) is 17.8. The number of furan rings is 1. The van der Waals surface area contributed by atoms with Gasteiger partial charge >= 0.3 is 0 Å². The summed E-state index contributed by atoms with van der Waals surface area (Å²) in [6.07, 6.45) is 4.96. The molecule has 0 saturated carbocycles. The van der Waals surface area contributed by atoms with Crippen LogP contribution in [0.15, 0.2) is 53.2 Å². The Balaban J connectivity index is 1.53. The maximum atomic E-state index is 9.72. The largest absolute Gasteiger partial charge is 0.494 e. The maximum absolute atomic E-state index is 9.72. The van der Waals surface area contributed by atoms with Crippen molar-refractivity contribution in [1.29, 1.82) is 5.26 Å². The lowest BCUT2D eigenvalue weighted by Crippen LogP contribution is -2.26. The van der Waals surface area contributed by atoms with Gasteiger partial charge in [0, 0.05) is 36.7 Å². The molecule has 8 heteroatoms. The van der Waals surface area contributed by atoms with Gasteiger partial charge in [-0.25, -0.2) is 0 Å². The summed E-state index contributed by atoms with van der Waals surface area (Å²) in [6, 6.07) is 13.2. The molecular weight excluding hydrogens is 408 g/mol. The smallest absolute Gasteiger partial charge is 0.170 e. The highest BCUT2D eigenvalue weighted by molar-refractivity contribution is 5.92. The molecule has 0 aliphatic carbocycles. The monoisotopic (exact) mass is 428 g/mol. The Kier molecular flexibility index (Phi) is 5.40. The first-order valence-electron chi connectivity index (χ1n) is 10.3. The zero-order valence-corrected chi connectivity index (χ0v) is 17.4. The summed E-state index contributed by atoms with van der Waals surface area (Å²) in [4.78, 5) is 4.42. The normalized spacial score (nSPS) is 14.2. The summed E-state index contributed by atoms with van der Waals surface area (Å²) in [5.41, 5.74) is 3.89. The molecule has 4 heterocycles. The quantitative estimate of drug-likeness (QED) is 0.461. The van der Waals surface area contributed by atoms with Crippen molar-refractivity contribution in [3.05, 3.63) is 54.4 Å². The number of pyridine rings is 1. The van der Waals surface area contributed by atoms with E-state index in [9.17, 15) is 5.26 Å². The number of nitrogens with zero attached hydrogens (tertiary/aromatic N) is 4. The van der Waals surface area contributed by atoms with Crippen LogP contribution in [0.1, 0.15) is 18.4 Å². The van der Waals surface area contributed by atoms with Crippen LogP contribution in [0.2, 0.25) is 0 Å². The first kappa shape index (κ1) is 20.0. The van der Waals surface area contributed by atoms with Crippen molar-refractivity contribution in [1.82, 2.24) is 15.2 Å². The lowest BCUT2D eigenvalue weighted by Gasteiger charge is -2.23. The Morgan fingerprint density at radius 3 is 2.75 bits per heavy atom. The lowest BCUT2D eigenvalue weighted by atomic mass is 10.0. The van der Waals surface area contributed by atoms with E-state index in [0.29, 0.717) is 52.8 Å². The van der Waals surface area contributed by atoms with Gasteiger partial charge < -0.3 is 18.6 Å². The van der Waals surface area contributed by atoms with Crippen molar-refractivity contribution < 1.29 is 18.6 Å². The van der Waals surface area contributed by atoms with Crippen molar-refractivity contribution in [2.24, 2.45) is 0 Å². The standard InChI is InChI=1S/C24H20N4O4/c1-29-21-5-9-27-28-23(21)22-13-19-24(32-22)18(4-8-26-19)15-2-3-20(16(12-15)14-25)31-17-6-10-30-11-7-17/h2-5,8-9,12-13,17H,6-7,10-11H2,1H3. The third kappa shape index (κ3) is 3.74. The first-order valence-corrected chi connectivity index (χ1v) is 10.3. The first-order chi connectivity index (χ1) is 15.8. The molecule has 0 unspecified atom stereocenters. The second-order valence-corrected chi connectivity index (χ2v) is 7.38. The van der Waals surface area contributed by atoms with Crippen LogP contribution in [0, 0.1) is 11.3 Å². The van der Waals surface area contributed by atoms with E-state index < -0.39 is 0 Å². The van der Waals surface area contributed by atoms with Crippen molar-refractivity contribution >= 4 is 11.1 Å². The number of hydrogen-bond acceptors (Lipinski definition) is 8. The number of benzene rings is 1. The number of nitriles is 1. The maximum Gasteiger partial charge on any atom is 0.170 e. The molecular formula is C24H20N4O4. The van der Waals surface area contributed by atoms with E-state index in [1.54, 1.807) is 31.6 Å². The molecule has 0 amide bonds. The second kappa shape index (κ2) is 8.65. The Morgan fingerprint density at radius 1 is 1.06 bits per heavy atom. The Bertz CT molecular complexity index is 1310. The van der Waals surface area contributed by atoms with Gasteiger partial charge in [0.25, 0.3) is 0 Å². The molecule has 1 aliphatic rings. The van der Waals surface area contributed by atoms with Crippen molar-refractivity contribution in [3.8, 4) is 40.1 Å². The minimum absolute atomic E-state index is 0.0592. The van der Waals surface area contributed by atoms with E-state index >= 15 is 0 Å². The summed E-state index contributed by atoms with van der Waals surface area (Å²) >= 11 is 0. The summed E-state index contributed by atoms with van der Waals surface area (Å²) in [5.74, 6) is 1.64. The SMILES string of the molecule is COc1ccnnc1-c1cc2nccc(-c3ccc(OC4CCOCC4)c(C#N)c3)c2o1. The van der Waals surface area contributed by atoms with Crippen LogP contribution in [0.3, 0.4) is 0 Å². The molecule has 0 atom stereocenters. The average molecular weight is 428 g/mol. The van der Waals surface area contributed by atoms with Crippen LogP contribution < -0.4 is 9.47 Å². The van der Waals surface area contributed by atoms with E-state index in [0.717, 1.165) is 24.0 Å². The fourth-order valence-electron chi connectivity index (χ4n) is 3.80. The molecule has 5 rings (SSSR count). The number of hydrogen-bond donors (Lipinski definition) is 0. The molecule has 8 nitrogen and oxygen atoms in total. The van der Waals surface area contributed by atoms with Crippen LogP contribution in [-0.2, 0) is 4.74 Å². The van der Waals surface area contributed by atoms with Crippen molar-refractivity contribution in [3.63, 3.8) is 0 Å². The Labute approximate surface area is 184 Å². The molecule has 0 bridgehead atoms. The van der Waals surface area contributed by atoms with E-state index in [1.807, 2.05) is 24.3 Å². The fraction of sp³-hybridized carbons (Fsp3) is 0.250. The summed E-state index contributed by atoms with van der Waals surface area (Å²) in [7, 11) is 1.57. The molecule has 160 valence electrons. The van der Waals surface area contributed by atoms with Gasteiger partial charge in [0.15, 0.2) is 22.8 Å². The molecule has 1 saturated heterocycles. The van der Waals surface area contributed by atoms with Gasteiger partial charge in [-0.3, -0.25) is 4.98 Å². The van der Waals surface area contributed by atoms with E-state index in [4.69, 9.17) is 18.6 Å². The molecule has 0 spiro atoms. The number of fused-ring (bicyclic) bond motifs is 1. The molecule has 0 radical (unpaired) electrons. The van der Waals surface area contributed by atoms with Crippen LogP contribution in [0.4, 0.5) is 0 Å². The van der Waals surface area contributed by atoms with Gasteiger partial charge in [0.1, 0.15) is 23.4 Å². The summed E-state index contributed by atoms with van der Waals surface area (Å²) < 4.78 is 23.0. The van der Waals surface area contributed by atoms with Crippen LogP contribution in [0.5, 0.6) is 11.5 Å². The molecule has 3 aromatic heterocycles. The highest BCUT2D eigenvalue weighted by Gasteiger charge is 2.19. The number of ether oxygens (including phenoxy) is 3. The second-order valence-electron chi connectivity index (χ2n) is 7.38. The van der Waals surface area contributed by atoms with Gasteiger partial charge in [0.05, 0.1) is 32.1 Å².